The maximum Gasteiger partial charge on any atom is 0.335 e. The summed E-state index contributed by atoms with van der Waals surface area (Å²) in [6.45, 7) is 7.35. The van der Waals surface area contributed by atoms with E-state index in [1.165, 1.54) is 35.6 Å². The zero-order chi connectivity index (χ0) is 31.0. The molecule has 1 atom stereocenters. The standard InChI is InChI=1S/C31H29F2N5O5S/c1-4-42-30-37-36-27(44-30)15-43-28-20(32)8-10-22(35-28)18-6-5-17(21(33)11-18)13-26-34-23-9-7-19(29(39)40)12-24(23)38(26)25-14-41-16-31(25,2)3/h5-12,25H,4,13-16H2,1-3H3,(H,39,40)/t25-/m1/s1. The molecule has 13 heteroatoms. The Bertz CT molecular complexity index is 1860. The number of hydrogen-bond donors (Lipinski definition) is 1. The molecule has 0 bridgehead atoms. The Kier molecular flexibility index (Phi) is 7.99. The summed E-state index contributed by atoms with van der Waals surface area (Å²) >= 11 is 1.19. The molecule has 0 saturated carbocycles. The highest BCUT2D eigenvalue weighted by atomic mass is 32.1. The van der Waals surface area contributed by atoms with E-state index < -0.39 is 17.6 Å². The van der Waals surface area contributed by atoms with Crippen LogP contribution in [0.25, 0.3) is 22.3 Å². The Hall–Kier alpha value is -4.49. The van der Waals surface area contributed by atoms with Gasteiger partial charge in [0.25, 0.3) is 11.1 Å². The van der Waals surface area contributed by atoms with Crippen molar-refractivity contribution < 1.29 is 32.9 Å². The molecule has 10 nitrogen and oxygen atoms in total. The average molecular weight is 622 g/mol. The van der Waals surface area contributed by atoms with Gasteiger partial charge in [0, 0.05) is 17.4 Å². The lowest BCUT2D eigenvalue weighted by molar-refractivity contribution is 0.0697. The molecule has 1 saturated heterocycles. The van der Waals surface area contributed by atoms with Crippen molar-refractivity contribution in [3.05, 3.63) is 82.1 Å². The summed E-state index contributed by atoms with van der Waals surface area (Å²) in [5.41, 5.74) is 2.33. The molecule has 3 aromatic heterocycles. The largest absolute Gasteiger partial charge is 0.478 e. The van der Waals surface area contributed by atoms with Crippen LogP contribution >= 0.6 is 11.3 Å². The van der Waals surface area contributed by atoms with E-state index in [2.05, 4.69) is 29.0 Å². The number of rotatable bonds is 10. The summed E-state index contributed by atoms with van der Waals surface area (Å²) in [5.74, 6) is -1.83. The molecule has 228 valence electrons. The first-order valence-electron chi connectivity index (χ1n) is 14.0. The van der Waals surface area contributed by atoms with Crippen molar-refractivity contribution in [3.63, 3.8) is 0 Å². The maximum absolute atomic E-state index is 15.6. The first-order chi connectivity index (χ1) is 21.1. The summed E-state index contributed by atoms with van der Waals surface area (Å²) in [4.78, 5) is 20.8. The molecule has 4 heterocycles. The Morgan fingerprint density at radius 2 is 1.93 bits per heavy atom. The molecule has 6 rings (SSSR count). The maximum atomic E-state index is 15.6. The fraction of sp³-hybridized carbons (Fsp3) is 0.323. The van der Waals surface area contributed by atoms with Crippen molar-refractivity contribution in [1.82, 2.24) is 24.7 Å². The lowest BCUT2D eigenvalue weighted by Gasteiger charge is -2.28. The fourth-order valence-corrected chi connectivity index (χ4v) is 5.90. The van der Waals surface area contributed by atoms with Gasteiger partial charge in [0.2, 0.25) is 0 Å². The summed E-state index contributed by atoms with van der Waals surface area (Å²) < 4.78 is 48.8. The van der Waals surface area contributed by atoms with Crippen molar-refractivity contribution in [3.8, 4) is 22.3 Å². The molecule has 1 aliphatic heterocycles. The number of carboxylic acids is 1. The number of aromatic nitrogens is 5. The number of aromatic carboxylic acids is 1. The van der Waals surface area contributed by atoms with E-state index in [0.29, 0.717) is 63.7 Å². The van der Waals surface area contributed by atoms with Crippen LogP contribution in [0.3, 0.4) is 0 Å². The van der Waals surface area contributed by atoms with Gasteiger partial charge in [-0.1, -0.05) is 42.4 Å². The SMILES string of the molecule is CCOc1nnc(COc2nc(-c3ccc(Cc4nc5ccc(C(=O)O)cc5n4[C@@H]4COCC4(C)C)c(F)c3)ccc2F)s1. The minimum Gasteiger partial charge on any atom is -0.478 e. The third-order valence-corrected chi connectivity index (χ3v) is 8.34. The van der Waals surface area contributed by atoms with Gasteiger partial charge in [-0.25, -0.2) is 23.5 Å². The van der Waals surface area contributed by atoms with Crippen LogP contribution in [0, 0.1) is 17.0 Å². The molecule has 2 aromatic carbocycles. The van der Waals surface area contributed by atoms with Crippen molar-refractivity contribution in [2.75, 3.05) is 19.8 Å². The monoisotopic (exact) mass is 621 g/mol. The van der Waals surface area contributed by atoms with E-state index in [1.54, 1.807) is 24.3 Å². The van der Waals surface area contributed by atoms with Gasteiger partial charge in [-0.15, -0.1) is 5.10 Å². The Balaban J connectivity index is 1.28. The molecule has 0 unspecified atom stereocenters. The van der Waals surface area contributed by atoms with E-state index in [-0.39, 0.29) is 35.9 Å². The first-order valence-corrected chi connectivity index (χ1v) is 14.8. The molecule has 1 fully saturated rings. The zero-order valence-corrected chi connectivity index (χ0v) is 25.0. The number of carboxylic acid groups (broad SMARTS) is 1. The lowest BCUT2D eigenvalue weighted by Crippen LogP contribution is -2.27. The van der Waals surface area contributed by atoms with Crippen LogP contribution < -0.4 is 9.47 Å². The number of pyridine rings is 1. The molecule has 1 aliphatic rings. The molecule has 44 heavy (non-hydrogen) atoms. The molecular formula is C31H29F2N5O5S. The number of fused-ring (bicyclic) bond motifs is 1. The lowest BCUT2D eigenvalue weighted by atomic mass is 9.87. The first kappa shape index (κ1) is 29.6. The summed E-state index contributed by atoms with van der Waals surface area (Å²) in [6.07, 6.45) is 0.159. The highest BCUT2D eigenvalue weighted by Gasteiger charge is 2.39. The second-order valence-corrected chi connectivity index (χ2v) is 12.1. The average Bonchev–Trinajstić information content (AvgIpc) is 3.69. The normalized spacial score (nSPS) is 16.0. The summed E-state index contributed by atoms with van der Waals surface area (Å²) in [7, 11) is 0. The van der Waals surface area contributed by atoms with Crippen molar-refractivity contribution in [2.45, 2.75) is 39.8 Å². The third kappa shape index (κ3) is 5.84. The second kappa shape index (κ2) is 11.9. The van der Waals surface area contributed by atoms with Gasteiger partial charge in [-0.05, 0) is 48.9 Å². The summed E-state index contributed by atoms with van der Waals surface area (Å²) in [5, 5.41) is 18.3. The van der Waals surface area contributed by atoms with Gasteiger partial charge in [0.05, 0.1) is 48.2 Å². The van der Waals surface area contributed by atoms with Crippen LogP contribution in [-0.4, -0.2) is 55.6 Å². The molecule has 0 spiro atoms. The van der Waals surface area contributed by atoms with Gasteiger partial charge in [-0.2, -0.15) is 0 Å². The van der Waals surface area contributed by atoms with Crippen molar-refractivity contribution in [1.29, 1.82) is 0 Å². The van der Waals surface area contributed by atoms with Crippen molar-refractivity contribution >= 4 is 28.3 Å². The number of hydrogen-bond acceptors (Lipinski definition) is 9. The highest BCUT2D eigenvalue weighted by Crippen LogP contribution is 2.40. The molecule has 5 aromatic rings. The third-order valence-electron chi connectivity index (χ3n) is 7.53. The predicted molar refractivity (Wildman–Crippen MR) is 158 cm³/mol. The number of imidazole rings is 1. The molecule has 1 N–H and O–H groups in total. The van der Waals surface area contributed by atoms with E-state index in [4.69, 9.17) is 19.2 Å². The Labute approximate surface area is 255 Å². The number of benzene rings is 2. The Morgan fingerprint density at radius 3 is 2.66 bits per heavy atom. The molecular weight excluding hydrogens is 592 g/mol. The van der Waals surface area contributed by atoms with Crippen LogP contribution in [0.15, 0.2) is 48.5 Å². The number of halogens is 2. The van der Waals surface area contributed by atoms with Crippen LogP contribution in [0.5, 0.6) is 11.1 Å². The van der Waals surface area contributed by atoms with E-state index in [0.717, 1.165) is 0 Å². The van der Waals surface area contributed by atoms with Gasteiger partial charge in [0.1, 0.15) is 18.2 Å². The van der Waals surface area contributed by atoms with E-state index in [1.807, 2.05) is 11.5 Å². The van der Waals surface area contributed by atoms with Gasteiger partial charge >= 0.3 is 5.97 Å². The molecule has 0 aliphatic carbocycles. The quantitative estimate of drug-likeness (QED) is 0.197. The van der Waals surface area contributed by atoms with Gasteiger partial charge in [-0.3, -0.25) is 0 Å². The summed E-state index contributed by atoms with van der Waals surface area (Å²) in [6, 6.07) is 12.0. The number of carbonyl (C=O) groups is 1. The number of nitrogens with zero attached hydrogens (tertiary/aromatic N) is 5. The van der Waals surface area contributed by atoms with Crippen LogP contribution in [-0.2, 0) is 17.8 Å². The minimum atomic E-state index is -1.04. The van der Waals surface area contributed by atoms with Crippen molar-refractivity contribution in [2.24, 2.45) is 5.41 Å². The zero-order valence-electron chi connectivity index (χ0n) is 24.2. The topological polar surface area (TPSA) is 121 Å². The smallest absolute Gasteiger partial charge is 0.335 e. The second-order valence-electron chi connectivity index (χ2n) is 11.1. The van der Waals surface area contributed by atoms with Gasteiger partial charge < -0.3 is 23.9 Å². The molecule has 0 amide bonds. The van der Waals surface area contributed by atoms with Crippen LogP contribution in [0.2, 0.25) is 0 Å². The van der Waals surface area contributed by atoms with Crippen LogP contribution in [0.4, 0.5) is 8.78 Å². The van der Waals surface area contributed by atoms with Crippen LogP contribution in [0.1, 0.15) is 53.6 Å². The van der Waals surface area contributed by atoms with E-state index >= 15 is 4.39 Å². The Morgan fingerprint density at radius 1 is 1.09 bits per heavy atom. The predicted octanol–water partition coefficient (Wildman–Crippen LogP) is 6.09. The van der Waals surface area contributed by atoms with E-state index in [9.17, 15) is 14.3 Å². The van der Waals surface area contributed by atoms with Gasteiger partial charge in [0.15, 0.2) is 10.8 Å². The number of ether oxygens (including phenoxy) is 3. The highest BCUT2D eigenvalue weighted by molar-refractivity contribution is 7.13. The molecule has 0 radical (unpaired) electrons. The fourth-order valence-electron chi connectivity index (χ4n) is 5.24. The minimum absolute atomic E-state index is 0.0524.